The molecule has 0 radical (unpaired) electrons. The quantitative estimate of drug-likeness (QED) is 0.606. The van der Waals surface area contributed by atoms with Crippen molar-refractivity contribution >= 4 is 28.8 Å². The number of benzene rings is 1. The average molecular weight is 327 g/mol. The molecule has 0 aliphatic heterocycles. The second kappa shape index (κ2) is 8.46. The Morgan fingerprint density at radius 3 is 2.28 bits per heavy atom. The minimum Gasteiger partial charge on any atom is -0.276 e. The van der Waals surface area contributed by atoms with E-state index >= 15 is 0 Å². The molecule has 2 heteroatoms. The zero-order chi connectivity index (χ0) is 18.2. The maximum atomic E-state index is 13.2. The molecule has 0 N–H and O–H groups in total. The molecule has 0 atom stereocenters. The molecule has 0 unspecified atom stereocenters. The third kappa shape index (κ3) is 3.59. The number of fused-ring (bicyclic) bond motifs is 1. The summed E-state index contributed by atoms with van der Waals surface area (Å²) >= 11 is 0. The van der Waals surface area contributed by atoms with Crippen molar-refractivity contribution in [3.05, 3.63) is 115 Å². The van der Waals surface area contributed by atoms with Gasteiger partial charge in [0.25, 0.3) is 5.56 Å². The van der Waals surface area contributed by atoms with Crippen molar-refractivity contribution in [2.24, 2.45) is 0 Å². The van der Waals surface area contributed by atoms with E-state index in [4.69, 9.17) is 0 Å². The van der Waals surface area contributed by atoms with E-state index in [-0.39, 0.29) is 5.56 Å². The van der Waals surface area contributed by atoms with Crippen LogP contribution in [-0.4, -0.2) is 4.57 Å². The Hall–Kier alpha value is -3.39. The summed E-state index contributed by atoms with van der Waals surface area (Å²) in [6, 6.07) is 7.76. The second-order valence-corrected chi connectivity index (χ2v) is 5.21. The first-order chi connectivity index (χ1) is 12.2. The van der Waals surface area contributed by atoms with E-state index in [1.54, 1.807) is 53.2 Å². The van der Waals surface area contributed by atoms with Gasteiger partial charge in [0.1, 0.15) is 0 Å². The summed E-state index contributed by atoms with van der Waals surface area (Å²) < 4.78 is 1.67. The highest BCUT2D eigenvalue weighted by Crippen LogP contribution is 2.24. The van der Waals surface area contributed by atoms with Crippen LogP contribution in [0.2, 0.25) is 0 Å². The summed E-state index contributed by atoms with van der Waals surface area (Å²) in [5, 5.41) is 0.947. The highest BCUT2D eigenvalue weighted by atomic mass is 16.1. The molecule has 25 heavy (non-hydrogen) atoms. The predicted octanol–water partition coefficient (Wildman–Crippen LogP) is 5.61. The summed E-state index contributed by atoms with van der Waals surface area (Å²) in [6.45, 7) is 15.0. The van der Waals surface area contributed by atoms with Crippen LogP contribution in [0.25, 0.3) is 28.8 Å². The molecular weight excluding hydrogens is 306 g/mol. The lowest BCUT2D eigenvalue weighted by Gasteiger charge is -2.15. The molecule has 0 fully saturated rings. The van der Waals surface area contributed by atoms with Gasteiger partial charge < -0.3 is 0 Å². The Bertz CT molecular complexity index is 981. The SMILES string of the molecule is C=C/C=C\C(=C/C=C)n1c(=O)c(/C=C\C=C)c(C=C)c2ccccc21. The van der Waals surface area contributed by atoms with Gasteiger partial charge in [-0.3, -0.25) is 9.36 Å². The monoisotopic (exact) mass is 327 g/mol. The van der Waals surface area contributed by atoms with Crippen LogP contribution in [0.5, 0.6) is 0 Å². The van der Waals surface area contributed by atoms with Gasteiger partial charge in [0, 0.05) is 16.6 Å². The average Bonchev–Trinajstić information content (AvgIpc) is 2.63. The number of allylic oxidation sites excluding steroid dienone is 8. The van der Waals surface area contributed by atoms with E-state index in [1.165, 1.54) is 0 Å². The highest BCUT2D eigenvalue weighted by molar-refractivity contribution is 5.93. The van der Waals surface area contributed by atoms with E-state index in [9.17, 15) is 4.79 Å². The maximum absolute atomic E-state index is 13.2. The van der Waals surface area contributed by atoms with E-state index in [0.29, 0.717) is 11.3 Å². The fourth-order valence-corrected chi connectivity index (χ4v) is 2.68. The van der Waals surface area contributed by atoms with Crippen molar-refractivity contribution in [1.29, 1.82) is 0 Å². The Kier molecular flexibility index (Phi) is 6.08. The van der Waals surface area contributed by atoms with Crippen molar-refractivity contribution in [1.82, 2.24) is 4.57 Å². The molecule has 2 nitrogen and oxygen atoms in total. The van der Waals surface area contributed by atoms with Crippen molar-refractivity contribution in [3.8, 4) is 0 Å². The van der Waals surface area contributed by atoms with Gasteiger partial charge in [-0.05, 0) is 29.9 Å². The van der Waals surface area contributed by atoms with Gasteiger partial charge in [-0.25, -0.2) is 0 Å². The van der Waals surface area contributed by atoms with Crippen molar-refractivity contribution < 1.29 is 0 Å². The molecule has 0 saturated carbocycles. The number of hydrogen-bond donors (Lipinski definition) is 0. The first-order valence-electron chi connectivity index (χ1n) is 7.91. The first kappa shape index (κ1) is 18.0. The van der Waals surface area contributed by atoms with Gasteiger partial charge in [0.15, 0.2) is 0 Å². The zero-order valence-corrected chi connectivity index (χ0v) is 14.2. The topological polar surface area (TPSA) is 22.0 Å². The van der Waals surface area contributed by atoms with Crippen LogP contribution in [0.4, 0.5) is 0 Å². The molecule has 0 aliphatic carbocycles. The summed E-state index contributed by atoms with van der Waals surface area (Å²) in [5.41, 5.74) is 2.75. The lowest BCUT2D eigenvalue weighted by molar-refractivity contribution is 1.07. The van der Waals surface area contributed by atoms with E-state index in [1.807, 2.05) is 30.3 Å². The minimum absolute atomic E-state index is 0.131. The third-order valence-electron chi connectivity index (χ3n) is 3.71. The van der Waals surface area contributed by atoms with Gasteiger partial charge in [0.2, 0.25) is 0 Å². The highest BCUT2D eigenvalue weighted by Gasteiger charge is 2.14. The van der Waals surface area contributed by atoms with Crippen LogP contribution in [0.1, 0.15) is 11.1 Å². The van der Waals surface area contributed by atoms with Crippen LogP contribution < -0.4 is 5.56 Å². The van der Waals surface area contributed by atoms with Gasteiger partial charge in [0.05, 0.1) is 5.52 Å². The number of rotatable bonds is 7. The molecule has 124 valence electrons. The van der Waals surface area contributed by atoms with Gasteiger partial charge >= 0.3 is 0 Å². The Labute approximate surface area is 148 Å². The Balaban J connectivity index is 3.04. The normalized spacial score (nSPS) is 11.9. The Morgan fingerprint density at radius 1 is 0.920 bits per heavy atom. The minimum atomic E-state index is -0.131. The number of aromatic nitrogens is 1. The van der Waals surface area contributed by atoms with Crippen LogP contribution in [0.3, 0.4) is 0 Å². The molecule has 2 rings (SSSR count). The second-order valence-electron chi connectivity index (χ2n) is 5.21. The summed E-state index contributed by atoms with van der Waals surface area (Å²) in [4.78, 5) is 13.2. The number of hydrogen-bond acceptors (Lipinski definition) is 1. The number of para-hydroxylation sites is 1. The largest absolute Gasteiger partial charge is 0.276 e. The molecule has 1 heterocycles. The van der Waals surface area contributed by atoms with Crippen LogP contribution in [-0.2, 0) is 0 Å². The van der Waals surface area contributed by atoms with E-state index in [0.717, 1.165) is 16.5 Å². The molecule has 1 aromatic carbocycles. The predicted molar refractivity (Wildman–Crippen MR) is 111 cm³/mol. The fourth-order valence-electron chi connectivity index (χ4n) is 2.68. The Morgan fingerprint density at radius 2 is 1.64 bits per heavy atom. The lowest BCUT2D eigenvalue weighted by Crippen LogP contribution is -2.23. The number of nitrogens with zero attached hydrogens (tertiary/aromatic N) is 1. The summed E-state index contributed by atoms with van der Waals surface area (Å²) in [7, 11) is 0. The van der Waals surface area contributed by atoms with Crippen LogP contribution >= 0.6 is 0 Å². The lowest BCUT2D eigenvalue weighted by atomic mass is 10.0. The molecule has 0 saturated heterocycles. The van der Waals surface area contributed by atoms with Gasteiger partial charge in [-0.1, -0.05) is 81.0 Å². The van der Waals surface area contributed by atoms with Crippen molar-refractivity contribution in [2.75, 3.05) is 0 Å². The molecule has 2 aromatic rings. The van der Waals surface area contributed by atoms with E-state index < -0.39 is 0 Å². The van der Waals surface area contributed by atoms with Crippen molar-refractivity contribution in [3.63, 3.8) is 0 Å². The molecule has 0 bridgehead atoms. The third-order valence-corrected chi connectivity index (χ3v) is 3.71. The fraction of sp³-hybridized carbons (Fsp3) is 0. The standard InChI is InChI=1S/C23H21NO/c1-5-9-14-18(13-7-3)24-22-17-12-11-16-20(22)19(8-4)21(23(24)25)15-10-6-2/h5-17H,1-4H2/b14-9-,15-10-,18-13+. The molecule has 0 aliphatic rings. The van der Waals surface area contributed by atoms with Gasteiger partial charge in [-0.15, -0.1) is 0 Å². The molecular formula is C23H21NO. The van der Waals surface area contributed by atoms with Crippen LogP contribution in [0, 0.1) is 0 Å². The van der Waals surface area contributed by atoms with Crippen LogP contribution in [0.15, 0.2) is 97.9 Å². The summed E-state index contributed by atoms with van der Waals surface area (Å²) in [5.74, 6) is 0. The number of pyridine rings is 1. The molecule has 1 aromatic heterocycles. The summed E-state index contributed by atoms with van der Waals surface area (Å²) in [6.07, 6.45) is 15.6. The zero-order valence-electron chi connectivity index (χ0n) is 14.2. The van der Waals surface area contributed by atoms with E-state index in [2.05, 4.69) is 26.3 Å². The smallest absolute Gasteiger partial charge is 0.263 e. The molecule has 0 amide bonds. The first-order valence-corrected chi connectivity index (χ1v) is 7.91. The van der Waals surface area contributed by atoms with Crippen molar-refractivity contribution in [2.45, 2.75) is 0 Å². The molecule has 0 spiro atoms. The maximum Gasteiger partial charge on any atom is 0.263 e. The van der Waals surface area contributed by atoms with Gasteiger partial charge in [-0.2, -0.15) is 0 Å².